The molecule has 0 saturated heterocycles. The number of benzene rings is 1. The Morgan fingerprint density at radius 3 is 2.53 bits per heavy atom. The van der Waals surface area contributed by atoms with Crippen molar-refractivity contribution < 1.29 is 19.0 Å². The van der Waals surface area contributed by atoms with Gasteiger partial charge in [-0.1, -0.05) is 30.5 Å². The molecule has 0 bridgehead atoms. The van der Waals surface area contributed by atoms with Crippen LogP contribution in [0, 0.1) is 5.92 Å². The van der Waals surface area contributed by atoms with Crippen LogP contribution in [0.5, 0.6) is 17.4 Å². The molecule has 0 unspecified atom stereocenters. The van der Waals surface area contributed by atoms with E-state index in [1.54, 1.807) is 30.3 Å². The molecule has 1 fully saturated rings. The second-order valence-corrected chi connectivity index (χ2v) is 8.94. The number of para-hydroxylation sites is 1. The molecular formula is C25H24ClN5O5. The van der Waals surface area contributed by atoms with E-state index < -0.39 is 5.56 Å². The molecule has 4 aromatic rings. The number of methoxy groups -OCH3 is 2. The van der Waals surface area contributed by atoms with E-state index in [9.17, 15) is 9.90 Å². The van der Waals surface area contributed by atoms with E-state index in [1.807, 2.05) is 0 Å². The molecule has 11 heteroatoms. The van der Waals surface area contributed by atoms with Crippen LogP contribution in [-0.2, 0) is 12.8 Å². The molecule has 36 heavy (non-hydrogen) atoms. The lowest BCUT2D eigenvalue weighted by Crippen LogP contribution is -2.20. The molecule has 3 heterocycles. The Hall–Kier alpha value is -3.92. The SMILES string of the molecule is COc1cccc(OC)c1-n1c(CCC2CC2)nc(=O)c(-c2nnc(Cc3ccc(Cl)cn3)o2)c1O. The number of hydrogen-bond donors (Lipinski definition) is 1. The smallest absolute Gasteiger partial charge is 0.289 e. The van der Waals surface area contributed by atoms with Crippen LogP contribution in [0.25, 0.3) is 17.1 Å². The van der Waals surface area contributed by atoms with Crippen molar-refractivity contribution in [2.45, 2.75) is 32.1 Å². The van der Waals surface area contributed by atoms with E-state index in [0.29, 0.717) is 46.1 Å². The summed E-state index contributed by atoms with van der Waals surface area (Å²) in [5, 5.41) is 20.0. The maximum Gasteiger partial charge on any atom is 0.289 e. The van der Waals surface area contributed by atoms with Gasteiger partial charge in [-0.05, 0) is 36.6 Å². The number of aryl methyl sites for hydroxylation is 1. The van der Waals surface area contributed by atoms with E-state index in [2.05, 4.69) is 20.2 Å². The van der Waals surface area contributed by atoms with Gasteiger partial charge in [0.15, 0.2) is 5.56 Å². The van der Waals surface area contributed by atoms with E-state index in [1.165, 1.54) is 25.0 Å². The van der Waals surface area contributed by atoms with Crippen molar-refractivity contribution in [1.82, 2.24) is 24.7 Å². The van der Waals surface area contributed by atoms with Gasteiger partial charge in [-0.2, -0.15) is 4.98 Å². The van der Waals surface area contributed by atoms with Gasteiger partial charge in [0.1, 0.15) is 23.0 Å². The Morgan fingerprint density at radius 2 is 1.89 bits per heavy atom. The minimum atomic E-state index is -0.664. The number of hydrogen-bond acceptors (Lipinski definition) is 9. The average Bonchev–Trinajstić information content (AvgIpc) is 3.61. The van der Waals surface area contributed by atoms with Gasteiger partial charge in [-0.25, -0.2) is 0 Å². The van der Waals surface area contributed by atoms with Crippen LogP contribution in [0.3, 0.4) is 0 Å². The second kappa shape index (κ2) is 9.98. The topological polar surface area (TPSA) is 125 Å². The zero-order valence-corrected chi connectivity index (χ0v) is 20.5. The first-order valence-corrected chi connectivity index (χ1v) is 11.9. The molecule has 10 nitrogen and oxygen atoms in total. The highest BCUT2D eigenvalue weighted by molar-refractivity contribution is 6.30. The van der Waals surface area contributed by atoms with Crippen LogP contribution >= 0.6 is 11.6 Å². The molecule has 0 aliphatic heterocycles. The molecule has 0 atom stereocenters. The number of aromatic nitrogens is 5. The molecule has 5 rings (SSSR count). The summed E-state index contributed by atoms with van der Waals surface area (Å²) in [4.78, 5) is 21.7. The van der Waals surface area contributed by atoms with Gasteiger partial charge in [0.05, 0.1) is 25.7 Å². The number of nitrogens with zero attached hydrogens (tertiary/aromatic N) is 5. The third-order valence-corrected chi connectivity index (χ3v) is 6.26. The summed E-state index contributed by atoms with van der Waals surface area (Å²) < 4.78 is 18.3. The van der Waals surface area contributed by atoms with Gasteiger partial charge in [-0.3, -0.25) is 14.3 Å². The van der Waals surface area contributed by atoms with Crippen molar-refractivity contribution in [3.63, 3.8) is 0 Å². The fourth-order valence-corrected chi connectivity index (χ4v) is 4.14. The van der Waals surface area contributed by atoms with Crippen LogP contribution in [0.15, 0.2) is 45.7 Å². The Kier molecular flexibility index (Phi) is 6.60. The fourth-order valence-electron chi connectivity index (χ4n) is 4.03. The van der Waals surface area contributed by atoms with Crippen LogP contribution in [0.1, 0.15) is 36.7 Å². The average molecular weight is 510 g/mol. The molecule has 1 saturated carbocycles. The highest BCUT2D eigenvalue weighted by Gasteiger charge is 2.28. The van der Waals surface area contributed by atoms with Crippen LogP contribution in [-0.4, -0.2) is 44.1 Å². The fraction of sp³-hybridized carbons (Fsp3) is 0.320. The number of ether oxygens (including phenoxy) is 2. The molecule has 0 spiro atoms. The molecule has 3 aromatic heterocycles. The van der Waals surface area contributed by atoms with E-state index in [0.717, 1.165) is 19.3 Å². The third-order valence-electron chi connectivity index (χ3n) is 6.04. The van der Waals surface area contributed by atoms with Crippen LogP contribution in [0.4, 0.5) is 0 Å². The predicted molar refractivity (Wildman–Crippen MR) is 131 cm³/mol. The molecule has 0 radical (unpaired) electrons. The van der Waals surface area contributed by atoms with Crippen LogP contribution in [0.2, 0.25) is 5.02 Å². The van der Waals surface area contributed by atoms with Gasteiger partial charge in [-0.15, -0.1) is 10.2 Å². The van der Waals surface area contributed by atoms with Crippen molar-refractivity contribution in [2.24, 2.45) is 5.92 Å². The quantitative estimate of drug-likeness (QED) is 0.356. The predicted octanol–water partition coefficient (Wildman–Crippen LogP) is 3.99. The van der Waals surface area contributed by atoms with Crippen LogP contribution < -0.4 is 15.0 Å². The van der Waals surface area contributed by atoms with E-state index in [4.69, 9.17) is 25.5 Å². The summed E-state index contributed by atoms with van der Waals surface area (Å²) in [5.41, 5.74) is 0.206. The minimum Gasteiger partial charge on any atom is -0.494 e. The largest absolute Gasteiger partial charge is 0.494 e. The normalized spacial score (nSPS) is 13.1. The molecule has 1 aromatic carbocycles. The van der Waals surface area contributed by atoms with Gasteiger partial charge < -0.3 is 19.0 Å². The molecule has 186 valence electrons. The molecule has 1 N–H and O–H groups in total. The standard InChI is InChI=1S/C25H24ClN5O5/c1-34-17-4-3-5-18(35-2)22(17)31-19(11-8-14-6-7-14)28-23(32)21(25(31)33)24-30-29-20(36-24)12-16-10-9-15(26)13-27-16/h3-5,9-10,13-14,33H,6-8,11-12H2,1-2H3. The van der Waals surface area contributed by atoms with Crippen molar-refractivity contribution in [2.75, 3.05) is 14.2 Å². The number of rotatable bonds is 9. The Bertz CT molecular complexity index is 1420. The highest BCUT2D eigenvalue weighted by Crippen LogP contribution is 2.39. The summed E-state index contributed by atoms with van der Waals surface area (Å²) in [6.07, 6.45) is 5.39. The van der Waals surface area contributed by atoms with Gasteiger partial charge in [0.2, 0.25) is 11.8 Å². The number of pyridine rings is 1. The van der Waals surface area contributed by atoms with Crippen molar-refractivity contribution >= 4 is 11.6 Å². The summed E-state index contributed by atoms with van der Waals surface area (Å²) in [7, 11) is 3.04. The van der Waals surface area contributed by atoms with Gasteiger partial charge >= 0.3 is 0 Å². The summed E-state index contributed by atoms with van der Waals surface area (Å²) in [5.74, 6) is 1.55. The van der Waals surface area contributed by atoms with Gasteiger partial charge in [0, 0.05) is 18.3 Å². The molecule has 1 aliphatic carbocycles. The maximum absolute atomic E-state index is 13.1. The number of halogens is 1. The first-order valence-electron chi connectivity index (χ1n) is 11.5. The lowest BCUT2D eigenvalue weighted by atomic mass is 10.1. The lowest BCUT2D eigenvalue weighted by molar-refractivity contribution is 0.379. The minimum absolute atomic E-state index is 0.148. The lowest BCUT2D eigenvalue weighted by Gasteiger charge is -2.20. The monoisotopic (exact) mass is 509 g/mol. The van der Waals surface area contributed by atoms with E-state index >= 15 is 0 Å². The Balaban J connectivity index is 1.62. The first-order chi connectivity index (χ1) is 17.5. The molecule has 0 amide bonds. The van der Waals surface area contributed by atoms with Crippen molar-refractivity contribution in [3.05, 3.63) is 69.3 Å². The summed E-state index contributed by atoms with van der Waals surface area (Å²) in [6.45, 7) is 0. The molecular weight excluding hydrogens is 486 g/mol. The second-order valence-electron chi connectivity index (χ2n) is 8.51. The van der Waals surface area contributed by atoms with Crippen molar-refractivity contribution in [3.8, 4) is 34.5 Å². The Labute approximate surface area is 211 Å². The van der Waals surface area contributed by atoms with E-state index in [-0.39, 0.29) is 29.6 Å². The van der Waals surface area contributed by atoms with Crippen molar-refractivity contribution in [1.29, 1.82) is 0 Å². The molecule has 1 aliphatic rings. The highest BCUT2D eigenvalue weighted by atomic mass is 35.5. The summed E-state index contributed by atoms with van der Waals surface area (Å²) in [6, 6.07) is 8.69. The third kappa shape index (κ3) is 4.76. The first kappa shape index (κ1) is 23.8. The zero-order valence-electron chi connectivity index (χ0n) is 19.8. The number of aromatic hydroxyl groups is 1. The van der Waals surface area contributed by atoms with Gasteiger partial charge in [0.25, 0.3) is 11.4 Å². The zero-order chi connectivity index (χ0) is 25.2. The summed E-state index contributed by atoms with van der Waals surface area (Å²) >= 11 is 5.89. The maximum atomic E-state index is 13.1. The Morgan fingerprint density at radius 1 is 1.14 bits per heavy atom.